The van der Waals surface area contributed by atoms with Crippen molar-refractivity contribution in [2.24, 2.45) is 5.92 Å². The molecule has 122 valence electrons. The molecule has 1 aliphatic carbocycles. The summed E-state index contributed by atoms with van der Waals surface area (Å²) in [5, 5.41) is 14.8. The molecule has 0 bridgehead atoms. The smallest absolute Gasteiger partial charge is 0.243 e. The molecule has 1 aliphatic rings. The minimum Gasteiger partial charge on any atom is -0.351 e. The van der Waals surface area contributed by atoms with Crippen LogP contribution in [0.15, 0.2) is 24.3 Å². The molecular formula is C16H20FN5O. The van der Waals surface area contributed by atoms with E-state index in [1.165, 1.54) is 17.3 Å². The van der Waals surface area contributed by atoms with Crippen LogP contribution in [-0.4, -0.2) is 32.2 Å². The van der Waals surface area contributed by atoms with Crippen molar-refractivity contribution in [3.05, 3.63) is 30.1 Å². The summed E-state index contributed by atoms with van der Waals surface area (Å²) in [6.07, 6.45) is 4.53. The zero-order valence-corrected chi connectivity index (χ0v) is 13.1. The van der Waals surface area contributed by atoms with Crippen molar-refractivity contribution in [1.29, 1.82) is 0 Å². The maximum absolute atomic E-state index is 13.7. The van der Waals surface area contributed by atoms with E-state index in [0.717, 1.165) is 19.3 Å². The number of hydrogen-bond acceptors (Lipinski definition) is 4. The topological polar surface area (TPSA) is 72.7 Å². The number of carbonyl (C=O) groups is 1. The van der Waals surface area contributed by atoms with E-state index in [4.69, 9.17) is 0 Å². The predicted molar refractivity (Wildman–Crippen MR) is 82.8 cm³/mol. The molecule has 1 aromatic heterocycles. The molecule has 6 nitrogen and oxygen atoms in total. The van der Waals surface area contributed by atoms with E-state index in [-0.39, 0.29) is 29.9 Å². The Morgan fingerprint density at radius 3 is 2.91 bits per heavy atom. The molecule has 1 heterocycles. The highest BCUT2D eigenvalue weighted by molar-refractivity contribution is 5.75. The Hall–Kier alpha value is -2.31. The fourth-order valence-electron chi connectivity index (χ4n) is 2.97. The van der Waals surface area contributed by atoms with Crippen molar-refractivity contribution >= 4 is 5.91 Å². The maximum atomic E-state index is 13.7. The number of carbonyl (C=O) groups excluding carboxylic acids is 1. The third-order valence-electron chi connectivity index (χ3n) is 4.31. The lowest BCUT2D eigenvalue weighted by atomic mass is 9.86. The van der Waals surface area contributed by atoms with Crippen LogP contribution in [0.3, 0.4) is 0 Å². The molecule has 1 aromatic carbocycles. The van der Waals surface area contributed by atoms with E-state index in [1.54, 1.807) is 18.2 Å². The lowest BCUT2D eigenvalue weighted by molar-refractivity contribution is -0.123. The van der Waals surface area contributed by atoms with E-state index in [1.807, 2.05) is 0 Å². The van der Waals surface area contributed by atoms with E-state index in [0.29, 0.717) is 5.92 Å². The SMILES string of the molecule is C[C@@H]1CCCC[C@@H]1NC(=O)Cn1nnc(-c2ccccc2F)n1. The number of hydrogen-bond donors (Lipinski definition) is 1. The molecule has 1 amide bonds. The lowest BCUT2D eigenvalue weighted by Gasteiger charge is -2.29. The summed E-state index contributed by atoms with van der Waals surface area (Å²) in [7, 11) is 0. The van der Waals surface area contributed by atoms with Gasteiger partial charge in [-0.05, 0) is 36.1 Å². The van der Waals surface area contributed by atoms with Gasteiger partial charge in [0.05, 0.1) is 5.56 Å². The summed E-state index contributed by atoms with van der Waals surface area (Å²) in [5.74, 6) is 0.126. The van der Waals surface area contributed by atoms with Crippen molar-refractivity contribution in [3.8, 4) is 11.4 Å². The van der Waals surface area contributed by atoms with Gasteiger partial charge in [-0.3, -0.25) is 4.79 Å². The average Bonchev–Trinajstić information content (AvgIpc) is 2.98. The molecule has 0 unspecified atom stereocenters. The number of rotatable bonds is 4. The van der Waals surface area contributed by atoms with Crippen molar-refractivity contribution < 1.29 is 9.18 Å². The Balaban J connectivity index is 1.62. The fraction of sp³-hybridized carbons (Fsp3) is 0.500. The summed E-state index contributed by atoms with van der Waals surface area (Å²) in [4.78, 5) is 13.3. The van der Waals surface area contributed by atoms with Gasteiger partial charge in [0.1, 0.15) is 12.4 Å². The first-order valence-corrected chi connectivity index (χ1v) is 7.95. The first-order valence-electron chi connectivity index (χ1n) is 7.95. The molecular weight excluding hydrogens is 297 g/mol. The van der Waals surface area contributed by atoms with Crippen LogP contribution in [0.1, 0.15) is 32.6 Å². The number of nitrogens with zero attached hydrogens (tertiary/aromatic N) is 4. The third-order valence-corrected chi connectivity index (χ3v) is 4.31. The van der Waals surface area contributed by atoms with Gasteiger partial charge in [-0.25, -0.2) is 4.39 Å². The Bertz CT molecular complexity index is 687. The predicted octanol–water partition coefficient (Wildman–Crippen LogP) is 2.17. The van der Waals surface area contributed by atoms with Crippen LogP contribution >= 0.6 is 0 Å². The van der Waals surface area contributed by atoms with Crippen LogP contribution in [0.4, 0.5) is 4.39 Å². The van der Waals surface area contributed by atoms with Crippen molar-refractivity contribution in [2.45, 2.75) is 45.2 Å². The van der Waals surface area contributed by atoms with Crippen LogP contribution in [0.2, 0.25) is 0 Å². The van der Waals surface area contributed by atoms with Crippen molar-refractivity contribution in [2.75, 3.05) is 0 Å². The second-order valence-corrected chi connectivity index (χ2v) is 6.06. The zero-order valence-electron chi connectivity index (χ0n) is 13.1. The second-order valence-electron chi connectivity index (χ2n) is 6.06. The molecule has 2 aromatic rings. The standard InChI is InChI=1S/C16H20FN5O/c1-11-6-2-5-9-14(11)18-15(23)10-22-20-16(19-21-22)12-7-3-4-8-13(12)17/h3-4,7-8,11,14H,2,5-6,9-10H2,1H3,(H,18,23)/t11-,14+/m1/s1. The molecule has 3 rings (SSSR count). The Morgan fingerprint density at radius 1 is 1.35 bits per heavy atom. The average molecular weight is 317 g/mol. The Labute approximate surface area is 134 Å². The van der Waals surface area contributed by atoms with Gasteiger partial charge < -0.3 is 5.32 Å². The van der Waals surface area contributed by atoms with Crippen LogP contribution in [-0.2, 0) is 11.3 Å². The molecule has 0 radical (unpaired) electrons. The summed E-state index contributed by atoms with van der Waals surface area (Å²) in [5.41, 5.74) is 0.278. The largest absolute Gasteiger partial charge is 0.351 e. The molecule has 0 spiro atoms. The van der Waals surface area contributed by atoms with Crippen LogP contribution in [0, 0.1) is 11.7 Å². The molecule has 1 fully saturated rings. The molecule has 1 saturated carbocycles. The monoisotopic (exact) mass is 317 g/mol. The molecule has 1 N–H and O–H groups in total. The number of tetrazole rings is 1. The maximum Gasteiger partial charge on any atom is 0.243 e. The minimum absolute atomic E-state index is 0.00925. The molecule has 0 aliphatic heterocycles. The van der Waals surface area contributed by atoms with Crippen LogP contribution in [0.25, 0.3) is 11.4 Å². The van der Waals surface area contributed by atoms with Crippen molar-refractivity contribution in [3.63, 3.8) is 0 Å². The first-order chi connectivity index (χ1) is 11.1. The summed E-state index contributed by atoms with van der Waals surface area (Å²) < 4.78 is 13.7. The van der Waals surface area contributed by atoms with E-state index in [2.05, 4.69) is 27.7 Å². The van der Waals surface area contributed by atoms with E-state index < -0.39 is 5.82 Å². The van der Waals surface area contributed by atoms with E-state index in [9.17, 15) is 9.18 Å². The zero-order chi connectivity index (χ0) is 16.2. The quantitative estimate of drug-likeness (QED) is 0.938. The number of benzene rings is 1. The van der Waals surface area contributed by atoms with Crippen LogP contribution in [0.5, 0.6) is 0 Å². The van der Waals surface area contributed by atoms with Gasteiger partial charge in [0, 0.05) is 6.04 Å². The molecule has 23 heavy (non-hydrogen) atoms. The van der Waals surface area contributed by atoms with Gasteiger partial charge in [0.25, 0.3) is 0 Å². The highest BCUT2D eigenvalue weighted by Crippen LogP contribution is 2.23. The highest BCUT2D eigenvalue weighted by atomic mass is 19.1. The first kappa shape index (κ1) is 15.6. The van der Waals surface area contributed by atoms with Gasteiger partial charge in [-0.1, -0.05) is 31.9 Å². The molecule has 0 saturated heterocycles. The highest BCUT2D eigenvalue weighted by Gasteiger charge is 2.23. The second kappa shape index (κ2) is 6.85. The van der Waals surface area contributed by atoms with Gasteiger partial charge in [0.2, 0.25) is 11.7 Å². The van der Waals surface area contributed by atoms with Gasteiger partial charge >= 0.3 is 0 Å². The van der Waals surface area contributed by atoms with Gasteiger partial charge in [-0.2, -0.15) is 4.80 Å². The number of aromatic nitrogens is 4. The minimum atomic E-state index is -0.410. The lowest BCUT2D eigenvalue weighted by Crippen LogP contribution is -2.42. The normalized spacial score (nSPS) is 21.1. The van der Waals surface area contributed by atoms with Gasteiger partial charge in [0.15, 0.2) is 0 Å². The van der Waals surface area contributed by atoms with Crippen LogP contribution < -0.4 is 5.32 Å². The summed E-state index contributed by atoms with van der Waals surface area (Å²) in [6.45, 7) is 2.15. The fourth-order valence-corrected chi connectivity index (χ4v) is 2.97. The Morgan fingerprint density at radius 2 is 2.13 bits per heavy atom. The number of amides is 1. The van der Waals surface area contributed by atoms with Crippen molar-refractivity contribution in [1.82, 2.24) is 25.5 Å². The summed E-state index contributed by atoms with van der Waals surface area (Å²) in [6, 6.07) is 6.44. The summed E-state index contributed by atoms with van der Waals surface area (Å²) >= 11 is 0. The number of halogens is 1. The molecule has 7 heteroatoms. The van der Waals surface area contributed by atoms with Gasteiger partial charge in [-0.15, -0.1) is 10.2 Å². The van der Waals surface area contributed by atoms with E-state index >= 15 is 0 Å². The molecule has 2 atom stereocenters. The Kier molecular flexibility index (Phi) is 4.64. The third kappa shape index (κ3) is 3.72. The number of nitrogens with one attached hydrogen (secondary N) is 1.